The summed E-state index contributed by atoms with van der Waals surface area (Å²) < 4.78 is 7.88. The average Bonchev–Trinajstić information content (AvgIpc) is 3.43. The molecule has 0 aliphatic carbocycles. The van der Waals surface area contributed by atoms with Crippen molar-refractivity contribution < 1.29 is 9.53 Å². The van der Waals surface area contributed by atoms with Crippen molar-refractivity contribution in [2.24, 2.45) is 11.7 Å². The van der Waals surface area contributed by atoms with Gasteiger partial charge in [0.1, 0.15) is 5.75 Å². The number of nitrogens with two attached hydrogens (primary N) is 1. The van der Waals surface area contributed by atoms with Crippen molar-refractivity contribution >= 4 is 29.1 Å². The molecule has 4 rings (SSSR count). The third-order valence-electron chi connectivity index (χ3n) is 5.63. The maximum atomic E-state index is 13.5. The zero-order valence-corrected chi connectivity index (χ0v) is 19.6. The van der Waals surface area contributed by atoms with Crippen molar-refractivity contribution in [3.05, 3.63) is 69.8 Å². The van der Waals surface area contributed by atoms with Crippen molar-refractivity contribution in [1.82, 2.24) is 14.7 Å². The van der Waals surface area contributed by atoms with E-state index in [0.717, 1.165) is 12.8 Å². The number of benzene rings is 2. The van der Waals surface area contributed by atoms with Crippen LogP contribution in [0.2, 0.25) is 10.0 Å². The highest BCUT2D eigenvalue weighted by molar-refractivity contribution is 6.32. The second-order valence-corrected chi connectivity index (χ2v) is 9.10. The first kappa shape index (κ1) is 22.6. The Bertz CT molecular complexity index is 1110. The maximum absolute atomic E-state index is 13.5. The van der Waals surface area contributed by atoms with Crippen LogP contribution in [-0.2, 0) is 0 Å². The molecule has 2 N–H and O–H groups in total. The first-order valence-electron chi connectivity index (χ1n) is 10.7. The number of hydrogen-bond donors (Lipinski definition) is 1. The molecule has 2 heterocycles. The molecule has 0 bridgehead atoms. The molecule has 1 unspecified atom stereocenters. The highest BCUT2D eigenvalue weighted by Gasteiger charge is 2.34. The molecule has 32 heavy (non-hydrogen) atoms. The topological polar surface area (TPSA) is 73.4 Å². The lowest BCUT2D eigenvalue weighted by Gasteiger charge is -2.20. The number of ether oxygens (including phenoxy) is 1. The van der Waals surface area contributed by atoms with Crippen molar-refractivity contribution in [2.45, 2.75) is 32.7 Å². The summed E-state index contributed by atoms with van der Waals surface area (Å²) in [4.78, 5) is 15.3. The standard InChI is InChI=1S/C24H26Cl2N4O2/c1-15(2)21(27)20-22(23(31)29-13-5-6-14-29)28-30(19-8-4-3-7-18(19)26)24(20)32-17-11-9-16(25)10-12-17/h3-4,7-12,15,21H,5-6,13-14,27H2,1-2H3. The van der Waals surface area contributed by atoms with Gasteiger partial charge in [0, 0.05) is 24.2 Å². The van der Waals surface area contributed by atoms with E-state index < -0.39 is 6.04 Å². The smallest absolute Gasteiger partial charge is 0.274 e. The molecule has 8 heteroatoms. The number of carbonyl (C=O) groups is 1. The van der Waals surface area contributed by atoms with Crippen LogP contribution in [0.15, 0.2) is 48.5 Å². The largest absolute Gasteiger partial charge is 0.439 e. The summed E-state index contributed by atoms with van der Waals surface area (Å²) in [5, 5.41) is 5.80. The molecule has 1 aromatic heterocycles. The number of nitrogens with zero attached hydrogens (tertiary/aromatic N) is 3. The van der Waals surface area contributed by atoms with Gasteiger partial charge in [-0.15, -0.1) is 0 Å². The zero-order valence-electron chi connectivity index (χ0n) is 18.1. The second-order valence-electron chi connectivity index (χ2n) is 8.26. The minimum Gasteiger partial charge on any atom is -0.439 e. The quantitative estimate of drug-likeness (QED) is 0.487. The molecule has 1 amide bonds. The average molecular weight is 473 g/mol. The van der Waals surface area contributed by atoms with Crippen LogP contribution in [0.5, 0.6) is 11.6 Å². The first-order valence-corrected chi connectivity index (χ1v) is 11.5. The zero-order chi connectivity index (χ0) is 22.8. The molecule has 1 atom stereocenters. The Morgan fingerprint density at radius 1 is 1.06 bits per heavy atom. The van der Waals surface area contributed by atoms with Crippen LogP contribution in [-0.4, -0.2) is 33.7 Å². The SMILES string of the molecule is CC(C)C(N)c1c(C(=O)N2CCCC2)nn(-c2ccccc2Cl)c1Oc1ccc(Cl)cc1. The van der Waals surface area contributed by atoms with E-state index in [1.165, 1.54) is 0 Å². The number of aromatic nitrogens is 2. The predicted octanol–water partition coefficient (Wildman–Crippen LogP) is 5.86. The van der Waals surface area contributed by atoms with Crippen molar-refractivity contribution in [3.63, 3.8) is 0 Å². The third-order valence-corrected chi connectivity index (χ3v) is 6.21. The number of hydrogen-bond acceptors (Lipinski definition) is 4. The Morgan fingerprint density at radius 3 is 2.34 bits per heavy atom. The summed E-state index contributed by atoms with van der Waals surface area (Å²) in [6.07, 6.45) is 1.97. The summed E-state index contributed by atoms with van der Waals surface area (Å²) in [6, 6.07) is 13.8. The van der Waals surface area contributed by atoms with E-state index in [0.29, 0.717) is 51.7 Å². The third kappa shape index (κ3) is 4.49. The van der Waals surface area contributed by atoms with Crippen LogP contribution in [0.25, 0.3) is 5.69 Å². The summed E-state index contributed by atoms with van der Waals surface area (Å²) in [7, 11) is 0. The van der Waals surface area contributed by atoms with Gasteiger partial charge in [0.15, 0.2) is 5.69 Å². The molecule has 1 aliphatic heterocycles. The number of carbonyl (C=O) groups excluding carboxylic acids is 1. The fourth-order valence-electron chi connectivity index (χ4n) is 3.78. The lowest BCUT2D eigenvalue weighted by atomic mass is 9.96. The molecule has 0 radical (unpaired) electrons. The van der Waals surface area contributed by atoms with Gasteiger partial charge in [-0.05, 0) is 55.2 Å². The van der Waals surface area contributed by atoms with Crippen LogP contribution < -0.4 is 10.5 Å². The minimum absolute atomic E-state index is 0.0524. The van der Waals surface area contributed by atoms with E-state index in [1.54, 1.807) is 35.0 Å². The number of para-hydroxylation sites is 1. The van der Waals surface area contributed by atoms with E-state index in [9.17, 15) is 4.79 Å². The minimum atomic E-state index is -0.463. The van der Waals surface area contributed by atoms with Gasteiger partial charge in [-0.3, -0.25) is 4.79 Å². The molecule has 2 aromatic carbocycles. The van der Waals surface area contributed by atoms with Gasteiger partial charge >= 0.3 is 0 Å². The van der Waals surface area contributed by atoms with Gasteiger partial charge in [0.25, 0.3) is 5.91 Å². The van der Waals surface area contributed by atoms with E-state index in [-0.39, 0.29) is 11.8 Å². The van der Waals surface area contributed by atoms with Crippen LogP contribution in [0.4, 0.5) is 0 Å². The van der Waals surface area contributed by atoms with Gasteiger partial charge < -0.3 is 15.4 Å². The lowest BCUT2D eigenvalue weighted by molar-refractivity contribution is 0.0784. The van der Waals surface area contributed by atoms with Gasteiger partial charge in [-0.2, -0.15) is 9.78 Å². The Balaban J connectivity index is 1.92. The van der Waals surface area contributed by atoms with Crippen molar-refractivity contribution in [3.8, 4) is 17.3 Å². The van der Waals surface area contributed by atoms with Gasteiger partial charge in [0.2, 0.25) is 5.88 Å². The van der Waals surface area contributed by atoms with Crippen LogP contribution >= 0.6 is 23.2 Å². The molecule has 168 valence electrons. The number of amides is 1. The van der Waals surface area contributed by atoms with Crippen molar-refractivity contribution in [1.29, 1.82) is 0 Å². The Kier molecular flexibility index (Phi) is 6.74. The lowest BCUT2D eigenvalue weighted by Crippen LogP contribution is -2.30. The molecule has 1 aliphatic rings. The summed E-state index contributed by atoms with van der Waals surface area (Å²) >= 11 is 12.5. The van der Waals surface area contributed by atoms with Gasteiger partial charge in [0.05, 0.1) is 16.3 Å². The summed E-state index contributed by atoms with van der Waals surface area (Å²) in [5.41, 5.74) is 8.11. The van der Waals surface area contributed by atoms with E-state index >= 15 is 0 Å². The number of likely N-dealkylation sites (tertiary alicyclic amines) is 1. The highest BCUT2D eigenvalue weighted by Crippen LogP contribution is 2.38. The van der Waals surface area contributed by atoms with E-state index in [1.807, 2.05) is 36.9 Å². The summed E-state index contributed by atoms with van der Waals surface area (Å²) in [6.45, 7) is 5.43. The Labute approximate surface area is 197 Å². The fourth-order valence-corrected chi connectivity index (χ4v) is 4.12. The molecule has 0 spiro atoms. The van der Waals surface area contributed by atoms with E-state index in [4.69, 9.17) is 38.8 Å². The van der Waals surface area contributed by atoms with Crippen LogP contribution in [0, 0.1) is 5.92 Å². The Hall–Kier alpha value is -2.54. The van der Waals surface area contributed by atoms with E-state index in [2.05, 4.69) is 0 Å². The molecule has 1 saturated heterocycles. The molecular formula is C24H26Cl2N4O2. The van der Waals surface area contributed by atoms with Crippen LogP contribution in [0.1, 0.15) is 48.8 Å². The highest BCUT2D eigenvalue weighted by atomic mass is 35.5. The van der Waals surface area contributed by atoms with Crippen LogP contribution in [0.3, 0.4) is 0 Å². The second kappa shape index (κ2) is 9.53. The monoisotopic (exact) mass is 472 g/mol. The molecule has 3 aromatic rings. The molecule has 6 nitrogen and oxygen atoms in total. The van der Waals surface area contributed by atoms with Gasteiger partial charge in [-0.1, -0.05) is 49.2 Å². The van der Waals surface area contributed by atoms with Gasteiger partial charge in [-0.25, -0.2) is 0 Å². The maximum Gasteiger partial charge on any atom is 0.274 e. The predicted molar refractivity (Wildman–Crippen MR) is 127 cm³/mol. The number of halogens is 2. The summed E-state index contributed by atoms with van der Waals surface area (Å²) in [5.74, 6) is 0.848. The number of rotatable bonds is 6. The van der Waals surface area contributed by atoms with Crippen molar-refractivity contribution in [2.75, 3.05) is 13.1 Å². The Morgan fingerprint density at radius 2 is 1.72 bits per heavy atom. The molecule has 1 fully saturated rings. The fraction of sp³-hybridized carbons (Fsp3) is 0.333. The normalized spacial score (nSPS) is 14.8. The molecule has 0 saturated carbocycles. The molecular weight excluding hydrogens is 447 g/mol. The first-order chi connectivity index (χ1) is 15.4.